The summed E-state index contributed by atoms with van der Waals surface area (Å²) >= 11 is 0. The summed E-state index contributed by atoms with van der Waals surface area (Å²) in [7, 11) is -3.69. The van der Waals surface area contributed by atoms with E-state index in [1.54, 1.807) is 0 Å². The van der Waals surface area contributed by atoms with E-state index in [4.69, 9.17) is 5.14 Å². The molecule has 1 aromatic carbocycles. The Morgan fingerprint density at radius 3 is 2.64 bits per heavy atom. The maximum atomic E-state index is 12.3. The zero-order valence-corrected chi connectivity index (χ0v) is 16.0. The fourth-order valence-electron chi connectivity index (χ4n) is 4.40. The first-order valence-corrected chi connectivity index (χ1v) is 10.2. The fraction of sp³-hybridized carbons (Fsp3) is 0.400. The molecule has 0 amide bonds. The number of benzene rings is 1. The second-order valence-electron chi connectivity index (χ2n) is 7.58. The number of nitrogens with one attached hydrogen (secondary N) is 1. The Morgan fingerprint density at radius 2 is 1.96 bits per heavy atom. The first kappa shape index (κ1) is 18.0. The molecule has 0 fully saturated rings. The van der Waals surface area contributed by atoms with Crippen LogP contribution >= 0.6 is 0 Å². The fourth-order valence-corrected chi connectivity index (χ4v) is 5.99. The predicted octanol–water partition coefficient (Wildman–Crippen LogP) is 3.92. The minimum atomic E-state index is -3.69. The number of primary sulfonamides is 1. The lowest BCUT2D eigenvalue weighted by atomic mass is 9.68. The van der Waals surface area contributed by atoms with Gasteiger partial charge in [0, 0.05) is 22.5 Å². The highest BCUT2D eigenvalue weighted by atomic mass is 32.2. The van der Waals surface area contributed by atoms with Gasteiger partial charge in [-0.3, -0.25) is 0 Å². The van der Waals surface area contributed by atoms with Crippen molar-refractivity contribution >= 4 is 20.9 Å². The SMILES string of the molecule is CC1=CC(C)(C(C)Cc2c[nH]c3ccccc23)C(S(N)(=O)=O)C(C)=C1. The van der Waals surface area contributed by atoms with Crippen molar-refractivity contribution in [3.05, 3.63) is 59.3 Å². The molecule has 5 heteroatoms. The standard InChI is InChI=1S/C20H26N2O2S/c1-13-9-14(2)19(25(21,23)24)20(4,11-13)15(3)10-16-12-22-18-8-6-5-7-17(16)18/h5-9,11-12,15,19,22H,10H2,1-4H3,(H2,21,23,24). The summed E-state index contributed by atoms with van der Waals surface area (Å²) in [5.41, 5.74) is 3.66. The molecule has 4 nitrogen and oxygen atoms in total. The van der Waals surface area contributed by atoms with Crippen molar-refractivity contribution in [2.24, 2.45) is 16.5 Å². The predicted molar refractivity (Wildman–Crippen MR) is 104 cm³/mol. The van der Waals surface area contributed by atoms with Crippen LogP contribution in [0.3, 0.4) is 0 Å². The molecule has 2 aromatic rings. The van der Waals surface area contributed by atoms with Gasteiger partial charge in [0.1, 0.15) is 5.25 Å². The van der Waals surface area contributed by atoms with Crippen LogP contribution in [0.25, 0.3) is 10.9 Å². The van der Waals surface area contributed by atoms with Crippen LogP contribution in [0.1, 0.15) is 33.3 Å². The number of H-pyrrole nitrogens is 1. The Labute approximate surface area is 149 Å². The van der Waals surface area contributed by atoms with Crippen LogP contribution in [0.5, 0.6) is 0 Å². The summed E-state index contributed by atoms with van der Waals surface area (Å²) in [5.74, 6) is 0.105. The molecule has 1 heterocycles. The smallest absolute Gasteiger partial charge is 0.216 e. The van der Waals surface area contributed by atoms with E-state index in [9.17, 15) is 8.42 Å². The number of allylic oxidation sites excluding steroid dienone is 3. The number of rotatable bonds is 4. The molecule has 0 saturated carbocycles. The van der Waals surface area contributed by atoms with E-state index < -0.39 is 20.7 Å². The van der Waals surface area contributed by atoms with Crippen molar-refractivity contribution in [1.82, 2.24) is 4.98 Å². The van der Waals surface area contributed by atoms with Gasteiger partial charge in [0.25, 0.3) is 0 Å². The van der Waals surface area contributed by atoms with Gasteiger partial charge in [-0.1, -0.05) is 55.3 Å². The summed E-state index contributed by atoms with van der Waals surface area (Å²) in [6, 6.07) is 8.18. The lowest BCUT2D eigenvalue weighted by Crippen LogP contribution is -2.47. The average molecular weight is 359 g/mol. The van der Waals surface area contributed by atoms with Crippen molar-refractivity contribution in [2.45, 2.75) is 39.4 Å². The zero-order valence-electron chi connectivity index (χ0n) is 15.2. The number of fused-ring (bicyclic) bond motifs is 1. The number of aromatic amines is 1. The van der Waals surface area contributed by atoms with E-state index in [2.05, 4.69) is 30.1 Å². The third-order valence-electron chi connectivity index (χ3n) is 5.56. The lowest BCUT2D eigenvalue weighted by Gasteiger charge is -2.42. The number of hydrogen-bond donors (Lipinski definition) is 2. The third kappa shape index (κ3) is 3.18. The Kier molecular flexibility index (Phi) is 4.41. The van der Waals surface area contributed by atoms with Gasteiger partial charge >= 0.3 is 0 Å². The van der Waals surface area contributed by atoms with Crippen LogP contribution in [0.4, 0.5) is 0 Å². The normalized spacial score (nSPS) is 25.6. The number of sulfonamides is 1. The molecule has 0 saturated heterocycles. The maximum Gasteiger partial charge on any atom is 0.216 e. The Morgan fingerprint density at radius 1 is 1.28 bits per heavy atom. The van der Waals surface area contributed by atoms with Crippen LogP contribution in [0, 0.1) is 11.3 Å². The number of nitrogens with two attached hydrogens (primary N) is 1. The minimum absolute atomic E-state index is 0.105. The first-order valence-electron chi connectivity index (χ1n) is 8.57. The molecule has 1 aromatic heterocycles. The Balaban J connectivity index is 2.01. The van der Waals surface area contributed by atoms with Crippen LogP contribution < -0.4 is 5.14 Å². The molecule has 0 bridgehead atoms. The highest BCUT2D eigenvalue weighted by Crippen LogP contribution is 2.45. The Hall–Kier alpha value is -1.85. The molecule has 1 aliphatic carbocycles. The molecular weight excluding hydrogens is 332 g/mol. The van der Waals surface area contributed by atoms with Gasteiger partial charge in [-0.25, -0.2) is 13.6 Å². The maximum absolute atomic E-state index is 12.3. The van der Waals surface area contributed by atoms with Gasteiger partial charge in [0.2, 0.25) is 10.0 Å². The highest BCUT2D eigenvalue weighted by Gasteiger charge is 2.46. The second kappa shape index (κ2) is 6.15. The molecule has 3 N–H and O–H groups in total. The molecule has 0 aliphatic heterocycles. The van der Waals surface area contributed by atoms with Crippen molar-refractivity contribution in [1.29, 1.82) is 0 Å². The Bertz CT molecular complexity index is 968. The van der Waals surface area contributed by atoms with Crippen molar-refractivity contribution in [3.63, 3.8) is 0 Å². The summed E-state index contributed by atoms with van der Waals surface area (Å²) < 4.78 is 24.7. The third-order valence-corrected chi connectivity index (χ3v) is 7.10. The minimum Gasteiger partial charge on any atom is -0.361 e. The van der Waals surface area contributed by atoms with Crippen molar-refractivity contribution in [3.8, 4) is 0 Å². The van der Waals surface area contributed by atoms with Gasteiger partial charge in [-0.05, 0) is 37.8 Å². The van der Waals surface area contributed by atoms with Crippen molar-refractivity contribution in [2.75, 3.05) is 0 Å². The van der Waals surface area contributed by atoms with Gasteiger partial charge in [0.15, 0.2) is 0 Å². The van der Waals surface area contributed by atoms with Crippen LogP contribution in [0.2, 0.25) is 0 Å². The van der Waals surface area contributed by atoms with E-state index in [0.717, 1.165) is 23.1 Å². The summed E-state index contributed by atoms with van der Waals surface area (Å²) in [6.07, 6.45) is 6.81. The zero-order chi connectivity index (χ0) is 18.4. The molecular formula is C20H26N2O2S. The largest absolute Gasteiger partial charge is 0.361 e. The molecule has 0 spiro atoms. The van der Waals surface area contributed by atoms with Crippen molar-refractivity contribution < 1.29 is 8.42 Å². The summed E-state index contributed by atoms with van der Waals surface area (Å²) in [4.78, 5) is 3.30. The molecule has 3 rings (SSSR count). The van der Waals surface area contributed by atoms with Crippen LogP contribution in [-0.4, -0.2) is 18.7 Å². The number of aromatic nitrogens is 1. The van der Waals surface area contributed by atoms with Gasteiger partial charge < -0.3 is 4.98 Å². The van der Waals surface area contributed by atoms with Crippen LogP contribution in [0.15, 0.2) is 53.8 Å². The van der Waals surface area contributed by atoms with Gasteiger partial charge in [0.05, 0.1) is 0 Å². The average Bonchev–Trinajstić information content (AvgIpc) is 2.88. The molecule has 134 valence electrons. The van der Waals surface area contributed by atoms with E-state index in [1.807, 2.05) is 45.2 Å². The van der Waals surface area contributed by atoms with E-state index in [0.29, 0.717) is 0 Å². The highest BCUT2D eigenvalue weighted by molar-refractivity contribution is 7.90. The first-order chi connectivity index (χ1) is 11.6. The number of hydrogen-bond acceptors (Lipinski definition) is 2. The van der Waals surface area contributed by atoms with E-state index in [-0.39, 0.29) is 5.92 Å². The molecule has 3 unspecified atom stereocenters. The van der Waals surface area contributed by atoms with Gasteiger partial charge in [-0.2, -0.15) is 0 Å². The molecule has 0 radical (unpaired) electrons. The van der Waals surface area contributed by atoms with Gasteiger partial charge in [-0.15, -0.1) is 0 Å². The summed E-state index contributed by atoms with van der Waals surface area (Å²) in [5, 5.41) is 6.12. The quantitative estimate of drug-likeness (QED) is 0.869. The summed E-state index contributed by atoms with van der Waals surface area (Å²) in [6.45, 7) is 8.01. The number of para-hydroxylation sites is 1. The van der Waals surface area contributed by atoms with Crippen LogP contribution in [-0.2, 0) is 16.4 Å². The molecule has 25 heavy (non-hydrogen) atoms. The topological polar surface area (TPSA) is 76.0 Å². The monoisotopic (exact) mass is 358 g/mol. The lowest BCUT2D eigenvalue weighted by molar-refractivity contribution is 0.269. The molecule has 1 aliphatic rings. The van der Waals surface area contributed by atoms with E-state index >= 15 is 0 Å². The second-order valence-corrected chi connectivity index (χ2v) is 9.23. The van der Waals surface area contributed by atoms with E-state index in [1.165, 1.54) is 10.9 Å². The molecule has 3 atom stereocenters.